The van der Waals surface area contributed by atoms with E-state index in [9.17, 15) is 19.2 Å². The van der Waals surface area contributed by atoms with Crippen molar-refractivity contribution >= 4 is 44.9 Å². The summed E-state index contributed by atoms with van der Waals surface area (Å²) in [7, 11) is 0. The lowest BCUT2D eigenvalue weighted by Crippen LogP contribution is -2.34. The van der Waals surface area contributed by atoms with Crippen molar-refractivity contribution in [3.63, 3.8) is 0 Å². The molecule has 3 heterocycles. The average molecular weight is 532 g/mol. The molecule has 4 aromatic rings. The number of rotatable bonds is 7. The van der Waals surface area contributed by atoms with Crippen LogP contribution in [0.3, 0.4) is 0 Å². The van der Waals surface area contributed by atoms with Crippen molar-refractivity contribution in [3.05, 3.63) is 86.8 Å². The molecule has 0 saturated carbocycles. The molecule has 38 heavy (non-hydrogen) atoms. The quantitative estimate of drug-likeness (QED) is 0.279. The number of nitrogens with zero attached hydrogens (tertiary/aromatic N) is 2. The smallest absolute Gasteiger partial charge is 0.348 e. The van der Waals surface area contributed by atoms with Crippen LogP contribution in [0.4, 0.5) is 5.69 Å². The number of amides is 1. The van der Waals surface area contributed by atoms with Gasteiger partial charge in [-0.2, -0.15) is 0 Å². The van der Waals surface area contributed by atoms with E-state index in [2.05, 4.69) is 10.3 Å². The number of benzene rings is 2. The number of ketones is 1. The number of ether oxygens (including phenoxy) is 2. The van der Waals surface area contributed by atoms with Gasteiger partial charge in [0.05, 0.1) is 30.0 Å². The van der Waals surface area contributed by atoms with Gasteiger partial charge in [0, 0.05) is 12.0 Å². The van der Waals surface area contributed by atoms with Crippen molar-refractivity contribution in [1.82, 2.24) is 9.55 Å². The molecule has 0 fully saturated rings. The number of Topliss-reactive ketones (excluding diaryl/α,β-unsaturated/α-hetero) is 1. The van der Waals surface area contributed by atoms with E-state index in [0.29, 0.717) is 38.7 Å². The van der Waals surface area contributed by atoms with E-state index in [1.807, 2.05) is 30.3 Å². The molecule has 194 valence electrons. The molecule has 0 aliphatic carbocycles. The van der Waals surface area contributed by atoms with Crippen molar-refractivity contribution in [2.24, 2.45) is 0 Å². The fraction of sp³-hybridized carbons (Fsp3) is 0.250. The fourth-order valence-electron chi connectivity index (χ4n) is 4.31. The largest absolute Gasteiger partial charge is 0.479 e. The lowest BCUT2D eigenvalue weighted by molar-refractivity contribution is -0.122. The number of fused-ring (bicyclic) bond motifs is 2. The standard InChI is InChI=1S/C28H25N3O6S/c1-15-22-26(38-24(15)28(35)36-12-11-18-7-5-4-6-8-18)29-14-31(27(22)34)16(2)23(32)19-9-10-21-20(13-19)30-25(33)17(3)37-21/h4-10,13-14,16-17H,11-12H2,1-3H3,(H,30,33). The maximum Gasteiger partial charge on any atom is 0.348 e. The highest BCUT2D eigenvalue weighted by Gasteiger charge is 2.27. The van der Waals surface area contributed by atoms with Crippen molar-refractivity contribution in [2.75, 3.05) is 11.9 Å². The molecule has 0 saturated heterocycles. The molecule has 5 rings (SSSR count). The monoisotopic (exact) mass is 531 g/mol. The van der Waals surface area contributed by atoms with Crippen LogP contribution in [0.15, 0.2) is 59.7 Å². The summed E-state index contributed by atoms with van der Waals surface area (Å²) in [6.07, 6.45) is 1.27. The van der Waals surface area contributed by atoms with E-state index < -0.39 is 23.7 Å². The van der Waals surface area contributed by atoms with Crippen LogP contribution in [0.5, 0.6) is 5.75 Å². The number of esters is 1. The Morgan fingerprint density at radius 1 is 1.18 bits per heavy atom. The van der Waals surface area contributed by atoms with Crippen LogP contribution in [-0.2, 0) is 16.0 Å². The molecule has 9 nitrogen and oxygen atoms in total. The Morgan fingerprint density at radius 3 is 2.71 bits per heavy atom. The van der Waals surface area contributed by atoms with Gasteiger partial charge in [-0.25, -0.2) is 9.78 Å². The molecule has 1 aliphatic rings. The number of carbonyl (C=O) groups is 3. The second-order valence-corrected chi connectivity index (χ2v) is 10.1. The second-order valence-electron chi connectivity index (χ2n) is 9.07. The Morgan fingerprint density at radius 2 is 1.95 bits per heavy atom. The van der Waals surface area contributed by atoms with Gasteiger partial charge in [-0.3, -0.25) is 19.0 Å². The number of anilines is 1. The zero-order valence-electron chi connectivity index (χ0n) is 21.0. The number of aromatic nitrogens is 2. The first-order valence-electron chi connectivity index (χ1n) is 12.1. The zero-order valence-corrected chi connectivity index (χ0v) is 21.8. The Balaban J connectivity index is 1.37. The van der Waals surface area contributed by atoms with E-state index in [0.717, 1.165) is 16.9 Å². The zero-order chi connectivity index (χ0) is 27.0. The summed E-state index contributed by atoms with van der Waals surface area (Å²) in [5.41, 5.74) is 1.82. The van der Waals surface area contributed by atoms with Gasteiger partial charge < -0.3 is 14.8 Å². The van der Waals surface area contributed by atoms with Gasteiger partial charge >= 0.3 is 5.97 Å². The molecule has 1 aliphatic heterocycles. The molecular weight excluding hydrogens is 506 g/mol. The van der Waals surface area contributed by atoms with Crippen molar-refractivity contribution in [2.45, 2.75) is 39.3 Å². The minimum atomic E-state index is -0.878. The topological polar surface area (TPSA) is 117 Å². The minimum Gasteiger partial charge on any atom is -0.479 e. The van der Waals surface area contributed by atoms with Gasteiger partial charge in [0.25, 0.3) is 11.5 Å². The van der Waals surface area contributed by atoms with Crippen LogP contribution in [0.1, 0.15) is 51.0 Å². The number of thiophene rings is 1. The first-order valence-corrected chi connectivity index (χ1v) is 12.9. The molecule has 0 radical (unpaired) electrons. The third-order valence-electron chi connectivity index (χ3n) is 6.52. The van der Waals surface area contributed by atoms with Gasteiger partial charge in [0.2, 0.25) is 0 Å². The molecule has 2 unspecified atom stereocenters. The fourth-order valence-corrected chi connectivity index (χ4v) is 5.34. The maximum atomic E-state index is 13.4. The first kappa shape index (κ1) is 25.3. The lowest BCUT2D eigenvalue weighted by atomic mass is 10.0. The van der Waals surface area contributed by atoms with Gasteiger partial charge in [-0.1, -0.05) is 30.3 Å². The van der Waals surface area contributed by atoms with E-state index in [4.69, 9.17) is 9.47 Å². The summed E-state index contributed by atoms with van der Waals surface area (Å²) in [5, 5.41) is 3.01. The van der Waals surface area contributed by atoms with Crippen molar-refractivity contribution in [1.29, 1.82) is 0 Å². The maximum absolute atomic E-state index is 13.4. The Labute approximate surface area is 222 Å². The molecule has 1 amide bonds. The molecule has 2 aromatic heterocycles. The predicted molar refractivity (Wildman–Crippen MR) is 143 cm³/mol. The third-order valence-corrected chi connectivity index (χ3v) is 7.70. The van der Waals surface area contributed by atoms with Crippen LogP contribution in [0.25, 0.3) is 10.2 Å². The summed E-state index contributed by atoms with van der Waals surface area (Å²) >= 11 is 1.10. The highest BCUT2D eigenvalue weighted by Crippen LogP contribution is 2.32. The van der Waals surface area contributed by atoms with Gasteiger partial charge in [-0.05, 0) is 50.1 Å². The number of hydrogen-bond acceptors (Lipinski definition) is 8. The predicted octanol–water partition coefficient (Wildman–Crippen LogP) is 4.33. The molecule has 1 N–H and O–H groups in total. The Bertz CT molecular complexity index is 1630. The highest BCUT2D eigenvalue weighted by molar-refractivity contribution is 7.20. The van der Waals surface area contributed by atoms with E-state index in [1.165, 1.54) is 17.0 Å². The van der Waals surface area contributed by atoms with E-state index in [1.54, 1.807) is 32.9 Å². The molecule has 0 bridgehead atoms. The van der Waals surface area contributed by atoms with Crippen LogP contribution >= 0.6 is 11.3 Å². The van der Waals surface area contributed by atoms with E-state index in [-0.39, 0.29) is 23.7 Å². The van der Waals surface area contributed by atoms with Crippen molar-refractivity contribution < 1.29 is 23.9 Å². The number of aryl methyl sites for hydroxylation is 1. The van der Waals surface area contributed by atoms with Crippen LogP contribution < -0.4 is 15.6 Å². The van der Waals surface area contributed by atoms with Crippen molar-refractivity contribution in [3.8, 4) is 5.75 Å². The van der Waals surface area contributed by atoms with Gasteiger partial charge in [0.15, 0.2) is 11.9 Å². The third kappa shape index (κ3) is 4.70. The highest BCUT2D eigenvalue weighted by atomic mass is 32.1. The second kappa shape index (κ2) is 10.2. The Hall–Kier alpha value is -4.31. The Kier molecular flexibility index (Phi) is 6.81. The first-order chi connectivity index (χ1) is 18.2. The van der Waals surface area contributed by atoms with Crippen LogP contribution in [-0.4, -0.2) is 39.9 Å². The SMILES string of the molecule is Cc1c(C(=O)OCCc2ccccc2)sc2ncn(C(C)C(=O)c3ccc4c(c3)NC(=O)C(C)O4)c(=O)c12. The van der Waals surface area contributed by atoms with Crippen LogP contribution in [0.2, 0.25) is 0 Å². The summed E-state index contributed by atoms with van der Waals surface area (Å²) in [6, 6.07) is 13.6. The minimum absolute atomic E-state index is 0.213. The molecule has 2 atom stereocenters. The van der Waals surface area contributed by atoms with Gasteiger partial charge in [-0.15, -0.1) is 11.3 Å². The van der Waals surface area contributed by atoms with E-state index >= 15 is 0 Å². The summed E-state index contributed by atoms with van der Waals surface area (Å²) in [4.78, 5) is 56.5. The number of hydrogen-bond donors (Lipinski definition) is 1. The van der Waals surface area contributed by atoms with Gasteiger partial charge in [0.1, 0.15) is 15.5 Å². The molecule has 0 spiro atoms. The number of nitrogens with one attached hydrogen (secondary N) is 1. The molecular formula is C28H25N3O6S. The normalized spacial score (nSPS) is 15.3. The molecule has 10 heteroatoms. The molecule has 2 aromatic carbocycles. The summed E-state index contributed by atoms with van der Waals surface area (Å²) in [5.74, 6) is -0.677. The van der Waals surface area contributed by atoms with Crippen LogP contribution in [0, 0.1) is 6.92 Å². The summed E-state index contributed by atoms with van der Waals surface area (Å²) in [6.45, 7) is 5.14. The summed E-state index contributed by atoms with van der Waals surface area (Å²) < 4.78 is 12.3. The number of carbonyl (C=O) groups excluding carboxylic acids is 3. The lowest BCUT2D eigenvalue weighted by Gasteiger charge is -2.24. The average Bonchev–Trinajstić information content (AvgIpc) is 3.26.